The van der Waals surface area contributed by atoms with Crippen LogP contribution >= 0.6 is 11.3 Å². The maximum absolute atomic E-state index is 12.1. The standard InChI is InChI=1S/C12H14N4O3S/c1-6-8(3)20-12(14-6)15-10(17)7(2)16-9(11(18)19)4-5-13-16/h4-5,7H,1-3H3,(H,18,19)(H,14,15,17). The minimum atomic E-state index is -1.12. The Bertz CT molecular complexity index is 642. The number of aryl methyl sites for hydroxylation is 2. The van der Waals surface area contributed by atoms with E-state index in [0.29, 0.717) is 5.13 Å². The topological polar surface area (TPSA) is 97.1 Å². The lowest BCUT2D eigenvalue weighted by Gasteiger charge is -2.12. The average molecular weight is 294 g/mol. The molecule has 20 heavy (non-hydrogen) atoms. The van der Waals surface area contributed by atoms with Gasteiger partial charge in [0.1, 0.15) is 11.7 Å². The number of rotatable bonds is 4. The van der Waals surface area contributed by atoms with Crippen molar-refractivity contribution in [2.75, 3.05) is 5.32 Å². The SMILES string of the molecule is Cc1nc(NC(=O)C(C)n2nccc2C(=O)O)sc1C. The smallest absolute Gasteiger partial charge is 0.354 e. The summed E-state index contributed by atoms with van der Waals surface area (Å²) in [4.78, 5) is 28.4. The Hall–Kier alpha value is -2.22. The minimum Gasteiger partial charge on any atom is -0.477 e. The van der Waals surface area contributed by atoms with Gasteiger partial charge in [-0.15, -0.1) is 11.3 Å². The van der Waals surface area contributed by atoms with E-state index in [-0.39, 0.29) is 11.6 Å². The Morgan fingerprint density at radius 2 is 2.15 bits per heavy atom. The Morgan fingerprint density at radius 1 is 1.45 bits per heavy atom. The third kappa shape index (κ3) is 2.69. The van der Waals surface area contributed by atoms with Gasteiger partial charge in [-0.05, 0) is 26.8 Å². The van der Waals surface area contributed by atoms with Gasteiger partial charge in [0.15, 0.2) is 5.13 Å². The fourth-order valence-corrected chi connectivity index (χ4v) is 2.46. The molecule has 2 aromatic heterocycles. The average Bonchev–Trinajstić information content (AvgIpc) is 2.96. The largest absolute Gasteiger partial charge is 0.477 e. The fourth-order valence-electron chi connectivity index (χ4n) is 1.64. The van der Waals surface area contributed by atoms with E-state index in [0.717, 1.165) is 10.6 Å². The second-order valence-corrected chi connectivity index (χ2v) is 5.50. The van der Waals surface area contributed by atoms with E-state index in [2.05, 4.69) is 15.4 Å². The molecule has 0 saturated carbocycles. The molecular weight excluding hydrogens is 280 g/mol. The number of carboxylic acid groups (broad SMARTS) is 1. The molecule has 2 heterocycles. The van der Waals surface area contributed by atoms with Gasteiger partial charge in [-0.2, -0.15) is 5.10 Å². The number of hydrogen-bond acceptors (Lipinski definition) is 5. The number of anilines is 1. The molecule has 2 aromatic rings. The summed E-state index contributed by atoms with van der Waals surface area (Å²) in [6.45, 7) is 5.37. The summed E-state index contributed by atoms with van der Waals surface area (Å²) in [5, 5.41) is 16.1. The molecule has 8 heteroatoms. The highest BCUT2D eigenvalue weighted by Gasteiger charge is 2.22. The van der Waals surface area contributed by atoms with Crippen molar-refractivity contribution in [2.45, 2.75) is 26.8 Å². The van der Waals surface area contributed by atoms with E-state index in [4.69, 9.17) is 5.11 Å². The van der Waals surface area contributed by atoms with Gasteiger partial charge in [-0.25, -0.2) is 14.5 Å². The van der Waals surface area contributed by atoms with Crippen molar-refractivity contribution in [3.05, 3.63) is 28.5 Å². The summed E-state index contributed by atoms with van der Waals surface area (Å²) in [5.41, 5.74) is 0.836. The van der Waals surface area contributed by atoms with E-state index in [1.165, 1.54) is 28.3 Å². The van der Waals surface area contributed by atoms with Gasteiger partial charge < -0.3 is 10.4 Å². The number of amides is 1. The maximum Gasteiger partial charge on any atom is 0.354 e. The van der Waals surface area contributed by atoms with Crippen molar-refractivity contribution in [1.29, 1.82) is 0 Å². The van der Waals surface area contributed by atoms with Crippen LogP contribution in [-0.2, 0) is 4.79 Å². The third-order valence-electron chi connectivity index (χ3n) is 2.89. The molecule has 0 bridgehead atoms. The molecule has 1 atom stereocenters. The van der Waals surface area contributed by atoms with Gasteiger partial charge in [-0.1, -0.05) is 0 Å². The lowest BCUT2D eigenvalue weighted by Crippen LogP contribution is -2.26. The van der Waals surface area contributed by atoms with Gasteiger partial charge in [0.2, 0.25) is 0 Å². The van der Waals surface area contributed by atoms with Crippen molar-refractivity contribution in [1.82, 2.24) is 14.8 Å². The maximum atomic E-state index is 12.1. The molecule has 1 amide bonds. The predicted molar refractivity (Wildman–Crippen MR) is 74.1 cm³/mol. The second kappa shape index (κ2) is 5.41. The number of carboxylic acids is 1. The molecule has 0 aliphatic heterocycles. The zero-order chi connectivity index (χ0) is 14.9. The summed E-state index contributed by atoms with van der Waals surface area (Å²) >= 11 is 1.38. The molecule has 0 fully saturated rings. The van der Waals surface area contributed by atoms with Crippen LogP contribution in [0.1, 0.15) is 34.0 Å². The van der Waals surface area contributed by atoms with Crippen LogP contribution in [0, 0.1) is 13.8 Å². The van der Waals surface area contributed by atoms with Gasteiger partial charge in [-0.3, -0.25) is 4.79 Å². The van der Waals surface area contributed by atoms with Gasteiger partial charge >= 0.3 is 5.97 Å². The first kappa shape index (κ1) is 14.2. The molecule has 7 nitrogen and oxygen atoms in total. The third-order valence-corrected chi connectivity index (χ3v) is 3.88. The molecule has 106 valence electrons. The molecular formula is C12H14N4O3S. The number of carbonyl (C=O) groups is 2. The zero-order valence-electron chi connectivity index (χ0n) is 11.2. The van der Waals surface area contributed by atoms with Gasteiger partial charge in [0.05, 0.1) is 5.69 Å². The number of nitrogens with zero attached hydrogens (tertiary/aromatic N) is 3. The lowest BCUT2D eigenvalue weighted by molar-refractivity contribution is -0.119. The molecule has 0 spiro atoms. The van der Waals surface area contributed by atoms with E-state index < -0.39 is 12.0 Å². The monoisotopic (exact) mass is 294 g/mol. The molecule has 2 rings (SSSR count). The van der Waals surface area contributed by atoms with E-state index >= 15 is 0 Å². The van der Waals surface area contributed by atoms with Crippen LogP contribution in [-0.4, -0.2) is 31.7 Å². The van der Waals surface area contributed by atoms with Crippen LogP contribution < -0.4 is 5.32 Å². The summed E-state index contributed by atoms with van der Waals surface area (Å²) < 4.78 is 1.17. The van der Waals surface area contributed by atoms with Crippen molar-refractivity contribution >= 4 is 28.3 Å². The summed E-state index contributed by atoms with van der Waals surface area (Å²) in [6.07, 6.45) is 1.35. The highest BCUT2D eigenvalue weighted by atomic mass is 32.1. The Morgan fingerprint density at radius 3 is 2.70 bits per heavy atom. The van der Waals surface area contributed by atoms with Crippen LogP contribution in [0.5, 0.6) is 0 Å². The predicted octanol–water partition coefficient (Wildman–Crippen LogP) is 1.85. The molecule has 0 aliphatic rings. The number of carbonyl (C=O) groups excluding carboxylic acids is 1. The first-order chi connectivity index (χ1) is 9.40. The minimum absolute atomic E-state index is 0.0286. The van der Waals surface area contributed by atoms with Crippen molar-refractivity contribution < 1.29 is 14.7 Å². The second-order valence-electron chi connectivity index (χ2n) is 4.29. The van der Waals surface area contributed by atoms with Crippen LogP contribution in [0.15, 0.2) is 12.3 Å². The van der Waals surface area contributed by atoms with Crippen LogP contribution in [0.4, 0.5) is 5.13 Å². The summed E-state index contributed by atoms with van der Waals surface area (Å²) in [7, 11) is 0. The van der Waals surface area contributed by atoms with Gasteiger partial charge in [0, 0.05) is 11.1 Å². The van der Waals surface area contributed by atoms with Crippen molar-refractivity contribution in [2.24, 2.45) is 0 Å². The van der Waals surface area contributed by atoms with Gasteiger partial charge in [0.25, 0.3) is 5.91 Å². The Kier molecular flexibility index (Phi) is 3.84. The van der Waals surface area contributed by atoms with E-state index in [1.807, 2.05) is 13.8 Å². The normalized spacial score (nSPS) is 12.2. The Balaban J connectivity index is 2.16. The van der Waals surface area contributed by atoms with Crippen molar-refractivity contribution in [3.8, 4) is 0 Å². The first-order valence-electron chi connectivity index (χ1n) is 5.92. The fraction of sp³-hybridized carbons (Fsp3) is 0.333. The molecule has 0 radical (unpaired) electrons. The number of nitrogens with one attached hydrogen (secondary N) is 1. The van der Waals surface area contributed by atoms with Crippen molar-refractivity contribution in [3.63, 3.8) is 0 Å². The summed E-state index contributed by atoms with van der Waals surface area (Å²) in [5.74, 6) is -1.48. The number of hydrogen-bond donors (Lipinski definition) is 2. The number of aromatic carboxylic acids is 1. The highest BCUT2D eigenvalue weighted by molar-refractivity contribution is 7.15. The highest BCUT2D eigenvalue weighted by Crippen LogP contribution is 2.22. The lowest BCUT2D eigenvalue weighted by atomic mass is 10.3. The van der Waals surface area contributed by atoms with E-state index in [9.17, 15) is 9.59 Å². The van der Waals surface area contributed by atoms with Crippen LogP contribution in [0.25, 0.3) is 0 Å². The zero-order valence-corrected chi connectivity index (χ0v) is 12.1. The molecule has 2 N–H and O–H groups in total. The quantitative estimate of drug-likeness (QED) is 0.897. The molecule has 0 saturated heterocycles. The number of aromatic nitrogens is 3. The van der Waals surface area contributed by atoms with E-state index in [1.54, 1.807) is 6.92 Å². The summed E-state index contributed by atoms with van der Waals surface area (Å²) in [6, 6.07) is 0.615. The molecule has 0 aliphatic carbocycles. The number of thiazole rings is 1. The molecule has 0 aromatic carbocycles. The first-order valence-corrected chi connectivity index (χ1v) is 6.73. The Labute approximate surface area is 119 Å². The van der Waals surface area contributed by atoms with Crippen LogP contribution in [0.2, 0.25) is 0 Å². The van der Waals surface area contributed by atoms with Crippen LogP contribution in [0.3, 0.4) is 0 Å². The molecule has 1 unspecified atom stereocenters.